The number of rotatable bonds is 1. The third kappa shape index (κ3) is 328. The lowest BCUT2D eigenvalue weighted by molar-refractivity contribution is -0.138. The molecular formula is C16H41N3O6. The van der Waals surface area contributed by atoms with Gasteiger partial charge in [-0.05, 0) is 21.0 Å². The monoisotopic (exact) mass is 371 g/mol. The maximum Gasteiger partial charge on any atom is 0.302 e. The Morgan fingerprint density at radius 3 is 0.880 bits per heavy atom. The van der Waals surface area contributed by atoms with E-state index < -0.39 is 0 Å². The molecule has 3 N–H and O–H groups in total. The Balaban J connectivity index is -0.0000000439. The molecular weight excluding hydrogens is 330 g/mol. The van der Waals surface area contributed by atoms with Crippen LogP contribution in [0.5, 0.6) is 0 Å². The fraction of sp³-hybridized carbons (Fsp3) is 0.812. The van der Waals surface area contributed by atoms with Crippen LogP contribution in [0.4, 0.5) is 0 Å². The molecule has 25 heavy (non-hydrogen) atoms. The van der Waals surface area contributed by atoms with Gasteiger partial charge in [0, 0.05) is 62.8 Å². The number of amides is 2. The average molecular weight is 372 g/mol. The van der Waals surface area contributed by atoms with E-state index in [1.807, 2.05) is 21.0 Å². The standard InChI is InChI=1S/2C3H7NO.C3H6O2.C3H8O.C2H7N.C2H6O/c2*1-3(5)4-2;1-3(4)5-2;1-3-4-2;2*1-3-2/h2*1-2H3,(H,4,5);1-2H3;3H2,1-2H3;3H,1-2H3;1-2H3. The van der Waals surface area contributed by atoms with Crippen molar-refractivity contribution in [2.75, 3.05) is 63.2 Å². The minimum Gasteiger partial charge on any atom is -0.469 e. The summed E-state index contributed by atoms with van der Waals surface area (Å²) in [5.41, 5.74) is 0. The topological polar surface area (TPSA) is 115 Å². The number of ether oxygens (including phenoxy) is 3. The molecule has 0 spiro atoms. The highest BCUT2D eigenvalue weighted by Gasteiger charge is 1.75. The molecule has 0 bridgehead atoms. The van der Waals surface area contributed by atoms with Crippen LogP contribution in [-0.4, -0.2) is 81.0 Å². The summed E-state index contributed by atoms with van der Waals surface area (Å²) in [6.45, 7) is 7.08. The molecule has 0 aliphatic rings. The van der Waals surface area contributed by atoms with Crippen molar-refractivity contribution in [2.24, 2.45) is 0 Å². The van der Waals surface area contributed by atoms with Gasteiger partial charge in [0.1, 0.15) is 0 Å². The first kappa shape index (κ1) is 38.7. The van der Waals surface area contributed by atoms with Crippen LogP contribution in [0.25, 0.3) is 0 Å². The maximum absolute atomic E-state index is 9.70. The zero-order valence-electron chi connectivity index (χ0n) is 18.2. The molecule has 0 radical (unpaired) electrons. The Morgan fingerprint density at radius 1 is 0.760 bits per heavy atom. The summed E-state index contributed by atoms with van der Waals surface area (Å²) in [5, 5.41) is 7.53. The maximum atomic E-state index is 9.70. The summed E-state index contributed by atoms with van der Waals surface area (Å²) >= 11 is 0. The van der Waals surface area contributed by atoms with Crippen molar-refractivity contribution in [3.63, 3.8) is 0 Å². The molecule has 0 unspecified atom stereocenters. The molecule has 9 nitrogen and oxygen atoms in total. The molecule has 0 fully saturated rings. The lowest BCUT2D eigenvalue weighted by atomic mass is 10.7. The van der Waals surface area contributed by atoms with Gasteiger partial charge < -0.3 is 30.2 Å². The molecule has 0 saturated carbocycles. The van der Waals surface area contributed by atoms with E-state index >= 15 is 0 Å². The van der Waals surface area contributed by atoms with Crippen LogP contribution in [0.1, 0.15) is 27.7 Å². The summed E-state index contributed by atoms with van der Waals surface area (Å²) in [4.78, 5) is 29.0. The number of carbonyl (C=O) groups is 3. The highest BCUT2D eigenvalue weighted by atomic mass is 16.5. The average Bonchev–Trinajstić information content (AvgIpc) is 2.57. The van der Waals surface area contributed by atoms with Crippen molar-refractivity contribution in [2.45, 2.75) is 27.7 Å². The molecule has 0 heterocycles. The van der Waals surface area contributed by atoms with Gasteiger partial charge >= 0.3 is 5.97 Å². The number of hydrogen-bond acceptors (Lipinski definition) is 7. The Bertz CT molecular complexity index is 215. The van der Waals surface area contributed by atoms with E-state index in [-0.39, 0.29) is 17.8 Å². The van der Waals surface area contributed by atoms with Crippen LogP contribution in [0, 0.1) is 0 Å². The van der Waals surface area contributed by atoms with Gasteiger partial charge in [-0.2, -0.15) is 0 Å². The molecule has 2 amide bonds. The number of methoxy groups -OCH3 is 3. The summed E-state index contributed by atoms with van der Waals surface area (Å²) in [5.74, 6) is -0.236. The lowest BCUT2D eigenvalue weighted by Gasteiger charge is -1.80. The first-order valence-electron chi connectivity index (χ1n) is 7.45. The van der Waals surface area contributed by atoms with Crippen LogP contribution in [-0.2, 0) is 28.6 Å². The second kappa shape index (κ2) is 49.5. The van der Waals surface area contributed by atoms with E-state index in [4.69, 9.17) is 0 Å². The van der Waals surface area contributed by atoms with Gasteiger partial charge in [0.05, 0.1) is 7.11 Å². The molecule has 156 valence electrons. The molecule has 0 rings (SSSR count). The van der Waals surface area contributed by atoms with Crippen molar-refractivity contribution in [1.29, 1.82) is 0 Å². The fourth-order valence-corrected chi connectivity index (χ4v) is 0. The summed E-state index contributed by atoms with van der Waals surface area (Å²) < 4.78 is 12.9. The normalized spacial score (nSPS) is 6.72. The molecule has 0 aliphatic heterocycles. The van der Waals surface area contributed by atoms with E-state index in [1.165, 1.54) is 27.9 Å². The van der Waals surface area contributed by atoms with E-state index in [0.717, 1.165) is 6.61 Å². The highest BCUT2D eigenvalue weighted by molar-refractivity contribution is 5.72. The quantitative estimate of drug-likeness (QED) is 0.573. The second-order valence-corrected chi connectivity index (χ2v) is 3.79. The largest absolute Gasteiger partial charge is 0.469 e. The van der Waals surface area contributed by atoms with Crippen molar-refractivity contribution in [3.8, 4) is 0 Å². The third-order valence-corrected chi connectivity index (χ3v) is 1.28. The van der Waals surface area contributed by atoms with Crippen molar-refractivity contribution in [1.82, 2.24) is 16.0 Å². The minimum absolute atomic E-state index is 0.00463. The number of carbonyl (C=O) groups excluding carboxylic acids is 3. The Morgan fingerprint density at radius 2 is 0.880 bits per heavy atom. The number of hydrogen-bond donors (Lipinski definition) is 3. The smallest absolute Gasteiger partial charge is 0.302 e. The molecule has 0 atom stereocenters. The van der Waals surface area contributed by atoms with Gasteiger partial charge in [0.25, 0.3) is 0 Å². The first-order valence-corrected chi connectivity index (χ1v) is 7.45. The van der Waals surface area contributed by atoms with Gasteiger partial charge in [-0.1, -0.05) is 0 Å². The van der Waals surface area contributed by atoms with Crippen LogP contribution < -0.4 is 16.0 Å². The molecule has 0 aromatic rings. The zero-order valence-corrected chi connectivity index (χ0v) is 18.2. The lowest BCUT2D eigenvalue weighted by Crippen LogP contribution is -2.11. The summed E-state index contributed by atoms with van der Waals surface area (Å²) in [6, 6.07) is 0. The van der Waals surface area contributed by atoms with Crippen LogP contribution in [0.2, 0.25) is 0 Å². The van der Waals surface area contributed by atoms with Crippen LogP contribution in [0.3, 0.4) is 0 Å². The predicted molar refractivity (Wildman–Crippen MR) is 103 cm³/mol. The summed E-state index contributed by atoms with van der Waals surface area (Å²) in [6.07, 6.45) is 0. The third-order valence-electron chi connectivity index (χ3n) is 1.28. The summed E-state index contributed by atoms with van der Waals surface area (Å²) in [7, 11) is 13.2. The minimum atomic E-state index is -0.245. The zero-order chi connectivity index (χ0) is 21.7. The predicted octanol–water partition coefficient (Wildman–Crippen LogP) is 0.435. The first-order chi connectivity index (χ1) is 11.6. The number of nitrogens with one attached hydrogen (secondary N) is 3. The van der Waals surface area contributed by atoms with Crippen LogP contribution in [0.15, 0.2) is 0 Å². The molecule has 0 saturated heterocycles. The molecule has 0 aromatic carbocycles. The van der Waals surface area contributed by atoms with E-state index in [9.17, 15) is 14.4 Å². The van der Waals surface area contributed by atoms with E-state index in [0.29, 0.717) is 0 Å². The Labute approximate surface area is 154 Å². The molecule has 9 heteroatoms. The number of esters is 1. The molecule has 0 aliphatic carbocycles. The molecule has 0 aromatic heterocycles. The van der Waals surface area contributed by atoms with Crippen molar-refractivity contribution in [3.05, 3.63) is 0 Å². The Kier molecular flexibility index (Phi) is 76.6. The van der Waals surface area contributed by atoms with Gasteiger partial charge in [0.15, 0.2) is 0 Å². The highest BCUT2D eigenvalue weighted by Crippen LogP contribution is 1.60. The van der Waals surface area contributed by atoms with Gasteiger partial charge in [-0.3, -0.25) is 14.4 Å². The second-order valence-electron chi connectivity index (χ2n) is 3.79. The van der Waals surface area contributed by atoms with E-state index in [1.54, 1.807) is 35.4 Å². The SMILES string of the molecule is CCOC.CNC.CNC(C)=O.CNC(C)=O.COC.COC(C)=O. The van der Waals surface area contributed by atoms with Crippen molar-refractivity contribution < 1.29 is 28.6 Å². The van der Waals surface area contributed by atoms with Gasteiger partial charge in [-0.15, -0.1) is 0 Å². The van der Waals surface area contributed by atoms with Gasteiger partial charge in [0.2, 0.25) is 11.8 Å². The Hall–Kier alpha value is -1.71. The van der Waals surface area contributed by atoms with Gasteiger partial charge in [-0.25, -0.2) is 0 Å². The van der Waals surface area contributed by atoms with Crippen LogP contribution >= 0.6 is 0 Å². The van der Waals surface area contributed by atoms with E-state index in [2.05, 4.69) is 30.2 Å². The van der Waals surface area contributed by atoms with Crippen molar-refractivity contribution >= 4 is 17.8 Å². The fourth-order valence-electron chi connectivity index (χ4n) is 0.